The molecule has 1 aromatic carbocycles. The molecule has 2 amide bonds. The average Bonchev–Trinajstić information content (AvgIpc) is 3.21. The number of hydrogen-bond donors (Lipinski definition) is 1. The molecule has 1 aliphatic rings. The van der Waals surface area contributed by atoms with E-state index in [-0.39, 0.29) is 36.7 Å². The van der Waals surface area contributed by atoms with Crippen molar-refractivity contribution >= 4 is 23.3 Å². The van der Waals surface area contributed by atoms with Gasteiger partial charge in [-0.15, -0.1) is 5.10 Å². The lowest BCUT2D eigenvalue weighted by Crippen LogP contribution is -2.59. The van der Waals surface area contributed by atoms with Crippen molar-refractivity contribution < 1.29 is 18.7 Å². The van der Waals surface area contributed by atoms with Crippen LogP contribution in [0.2, 0.25) is 0 Å². The first kappa shape index (κ1) is 22.1. The molecule has 0 spiro atoms. The largest absolute Gasteiger partial charge is 0.492 e. The molecule has 10 heteroatoms. The maximum atomic E-state index is 13.2. The lowest BCUT2D eigenvalue weighted by Gasteiger charge is -2.38. The van der Waals surface area contributed by atoms with Gasteiger partial charge in [-0.2, -0.15) is 0 Å². The molecule has 0 saturated carbocycles. The highest BCUT2D eigenvalue weighted by Crippen LogP contribution is 2.22. The van der Waals surface area contributed by atoms with Crippen molar-refractivity contribution in [2.45, 2.75) is 25.8 Å². The fourth-order valence-electron chi connectivity index (χ4n) is 3.23. The minimum absolute atomic E-state index is 0.104. The molecule has 1 saturated heterocycles. The van der Waals surface area contributed by atoms with Crippen LogP contribution in [0.3, 0.4) is 0 Å². The number of nitrogens with one attached hydrogen (secondary N) is 1. The smallest absolute Gasteiger partial charge is 0.267 e. The van der Waals surface area contributed by atoms with Crippen molar-refractivity contribution in [2.24, 2.45) is 0 Å². The van der Waals surface area contributed by atoms with Crippen molar-refractivity contribution in [3.8, 4) is 5.75 Å². The Labute approximate surface area is 179 Å². The van der Waals surface area contributed by atoms with Gasteiger partial charge in [-0.25, -0.2) is 4.39 Å². The summed E-state index contributed by atoms with van der Waals surface area (Å²) in [4.78, 5) is 29.8. The highest BCUT2D eigenvalue weighted by molar-refractivity contribution is 7.08. The van der Waals surface area contributed by atoms with Gasteiger partial charge < -0.3 is 15.0 Å². The lowest BCUT2D eigenvalue weighted by atomic mass is 10.1. The molecule has 162 valence electrons. The molecule has 1 fully saturated rings. The highest BCUT2D eigenvalue weighted by Gasteiger charge is 2.34. The Morgan fingerprint density at radius 3 is 2.90 bits per heavy atom. The van der Waals surface area contributed by atoms with Crippen LogP contribution in [-0.4, -0.2) is 77.1 Å². The summed E-state index contributed by atoms with van der Waals surface area (Å²) >= 11 is 1.10. The second kappa shape index (κ2) is 9.94. The molecule has 1 aromatic heterocycles. The number of benzene rings is 1. The predicted molar refractivity (Wildman–Crippen MR) is 111 cm³/mol. The van der Waals surface area contributed by atoms with Crippen molar-refractivity contribution in [1.29, 1.82) is 0 Å². The summed E-state index contributed by atoms with van der Waals surface area (Å²) in [5.74, 6) is -0.164. The first-order valence-electron chi connectivity index (χ1n) is 9.84. The van der Waals surface area contributed by atoms with Gasteiger partial charge in [0.2, 0.25) is 5.91 Å². The van der Waals surface area contributed by atoms with Crippen LogP contribution >= 0.6 is 11.5 Å². The van der Waals surface area contributed by atoms with Gasteiger partial charge in [0, 0.05) is 25.7 Å². The number of nitrogens with zero attached hydrogens (tertiary/aromatic N) is 4. The summed E-state index contributed by atoms with van der Waals surface area (Å²) in [5.41, 5.74) is 0.694. The highest BCUT2D eigenvalue weighted by atomic mass is 32.1. The number of piperazine rings is 1. The van der Waals surface area contributed by atoms with E-state index < -0.39 is 6.04 Å². The number of carbonyl (C=O) groups excluding carboxylic acids is 2. The maximum absolute atomic E-state index is 13.2. The molecule has 30 heavy (non-hydrogen) atoms. The number of amides is 2. The summed E-state index contributed by atoms with van der Waals surface area (Å²) in [5, 5.41) is 6.91. The van der Waals surface area contributed by atoms with Crippen LogP contribution in [-0.2, 0) is 4.79 Å². The quantitative estimate of drug-likeness (QED) is 0.667. The Morgan fingerprint density at radius 2 is 2.17 bits per heavy atom. The molecule has 1 N–H and O–H groups in total. The Hall–Kier alpha value is -2.59. The van der Waals surface area contributed by atoms with Crippen molar-refractivity contribution in [3.05, 3.63) is 40.7 Å². The van der Waals surface area contributed by atoms with Gasteiger partial charge in [0.15, 0.2) is 0 Å². The summed E-state index contributed by atoms with van der Waals surface area (Å²) in [7, 11) is 1.86. The average molecular weight is 436 g/mol. The third-order valence-corrected chi connectivity index (χ3v) is 5.69. The van der Waals surface area contributed by atoms with Crippen LogP contribution in [0.5, 0.6) is 5.75 Å². The van der Waals surface area contributed by atoms with E-state index in [1.54, 1.807) is 17.0 Å². The minimum atomic E-state index is -0.458. The molecule has 0 unspecified atom stereocenters. The van der Waals surface area contributed by atoms with Gasteiger partial charge in [-0.3, -0.25) is 14.5 Å². The molecular formula is C20H26FN5O3S. The number of likely N-dealkylation sites (N-methyl/N-ethyl adjacent to an activating group) is 1. The zero-order chi connectivity index (χ0) is 21.7. The molecule has 1 atom stereocenters. The predicted octanol–water partition coefficient (Wildman–Crippen LogP) is 1.75. The lowest BCUT2D eigenvalue weighted by molar-refractivity contribution is -0.127. The van der Waals surface area contributed by atoms with Crippen molar-refractivity contribution in [2.75, 3.05) is 39.8 Å². The molecule has 2 heterocycles. The van der Waals surface area contributed by atoms with Gasteiger partial charge in [-0.1, -0.05) is 24.4 Å². The number of hydrogen-bond acceptors (Lipinski definition) is 7. The number of ether oxygens (including phenoxy) is 1. The van der Waals surface area contributed by atoms with Gasteiger partial charge in [0.1, 0.15) is 29.1 Å². The van der Waals surface area contributed by atoms with Crippen molar-refractivity contribution in [3.63, 3.8) is 0 Å². The summed E-state index contributed by atoms with van der Waals surface area (Å²) in [6.45, 7) is 5.87. The molecule has 0 bridgehead atoms. The van der Waals surface area contributed by atoms with E-state index in [1.165, 1.54) is 12.1 Å². The van der Waals surface area contributed by atoms with E-state index in [0.29, 0.717) is 36.0 Å². The fourth-order valence-corrected chi connectivity index (χ4v) is 4.01. The zero-order valence-electron chi connectivity index (χ0n) is 17.3. The Balaban J connectivity index is 1.53. The summed E-state index contributed by atoms with van der Waals surface area (Å²) < 4.78 is 22.5. The second-order valence-electron chi connectivity index (χ2n) is 7.49. The minimum Gasteiger partial charge on any atom is -0.492 e. The van der Waals surface area contributed by atoms with Crippen LogP contribution in [0.1, 0.15) is 35.1 Å². The van der Waals surface area contributed by atoms with Crippen LogP contribution in [0, 0.1) is 5.82 Å². The zero-order valence-corrected chi connectivity index (χ0v) is 18.1. The van der Waals surface area contributed by atoms with E-state index in [2.05, 4.69) is 14.9 Å². The normalized spacial score (nSPS) is 17.2. The fraction of sp³-hybridized carbons (Fsp3) is 0.500. The molecule has 3 rings (SSSR count). The van der Waals surface area contributed by atoms with Gasteiger partial charge in [0.25, 0.3) is 5.91 Å². The van der Waals surface area contributed by atoms with Crippen molar-refractivity contribution in [1.82, 2.24) is 24.7 Å². The van der Waals surface area contributed by atoms with E-state index in [9.17, 15) is 14.0 Å². The van der Waals surface area contributed by atoms with E-state index in [1.807, 2.05) is 25.8 Å². The van der Waals surface area contributed by atoms with Gasteiger partial charge in [-0.05, 0) is 36.6 Å². The molecular weight excluding hydrogens is 409 g/mol. The van der Waals surface area contributed by atoms with E-state index in [0.717, 1.165) is 11.5 Å². The standard InChI is InChI=1S/C20H26FN5O3S/c1-13(2)17-18(30-24-23-17)20(28)26-9-8-25(3)16(12-26)19(27)22-7-10-29-15-6-4-5-14(21)11-15/h4-6,11,13,16H,7-10,12H2,1-3H3,(H,22,27)/t16-/m0/s1. The topological polar surface area (TPSA) is 87.7 Å². The first-order chi connectivity index (χ1) is 14.4. The molecule has 0 aliphatic carbocycles. The Kier molecular flexibility index (Phi) is 7.33. The van der Waals surface area contributed by atoms with E-state index >= 15 is 0 Å². The van der Waals surface area contributed by atoms with E-state index in [4.69, 9.17) is 4.74 Å². The first-order valence-corrected chi connectivity index (χ1v) is 10.6. The third kappa shape index (κ3) is 5.31. The third-order valence-electron chi connectivity index (χ3n) is 4.96. The number of rotatable bonds is 7. The SMILES string of the molecule is CC(C)c1nnsc1C(=O)N1CCN(C)[C@H](C(=O)NCCOc2cccc(F)c2)C1. The van der Waals surface area contributed by atoms with Gasteiger partial charge in [0.05, 0.1) is 12.2 Å². The monoisotopic (exact) mass is 435 g/mol. The van der Waals surface area contributed by atoms with Crippen LogP contribution < -0.4 is 10.1 Å². The van der Waals surface area contributed by atoms with Crippen LogP contribution in [0.15, 0.2) is 24.3 Å². The Morgan fingerprint density at radius 1 is 1.37 bits per heavy atom. The van der Waals surface area contributed by atoms with Crippen LogP contribution in [0.25, 0.3) is 0 Å². The molecule has 8 nitrogen and oxygen atoms in total. The number of aromatic nitrogens is 2. The van der Waals surface area contributed by atoms with Crippen LogP contribution in [0.4, 0.5) is 4.39 Å². The number of carbonyl (C=O) groups is 2. The summed E-state index contributed by atoms with van der Waals surface area (Å²) in [6.07, 6.45) is 0. The molecule has 0 radical (unpaired) electrons. The van der Waals surface area contributed by atoms with Gasteiger partial charge >= 0.3 is 0 Å². The Bertz CT molecular complexity index is 891. The summed E-state index contributed by atoms with van der Waals surface area (Å²) in [6, 6.07) is 5.39. The molecule has 1 aliphatic heterocycles. The second-order valence-corrected chi connectivity index (χ2v) is 8.24. The maximum Gasteiger partial charge on any atom is 0.267 e. The molecule has 2 aromatic rings. The number of halogens is 1.